The summed E-state index contributed by atoms with van der Waals surface area (Å²) < 4.78 is 1.51. The summed E-state index contributed by atoms with van der Waals surface area (Å²) in [4.78, 5) is 11.9. The van der Waals surface area contributed by atoms with E-state index in [1.165, 1.54) is 4.68 Å². The van der Waals surface area contributed by atoms with Gasteiger partial charge in [-0.05, 0) is 25.1 Å². The zero-order valence-electron chi connectivity index (χ0n) is 11.8. The standard InChI is InChI=1S/C14H18ClN5O/c1-2-7-16-8-11-9-20(19-18-11)10-14(21)17-13-6-4-3-5-12(13)15/h3-6,9,16H,2,7-8,10H2,1H3,(H,17,21). The average molecular weight is 308 g/mol. The molecule has 2 rings (SSSR count). The van der Waals surface area contributed by atoms with Crippen molar-refractivity contribution in [2.45, 2.75) is 26.4 Å². The van der Waals surface area contributed by atoms with E-state index in [0.29, 0.717) is 17.3 Å². The molecule has 0 spiro atoms. The molecule has 0 atom stereocenters. The van der Waals surface area contributed by atoms with Gasteiger partial charge in [-0.1, -0.05) is 35.9 Å². The van der Waals surface area contributed by atoms with Crippen molar-refractivity contribution >= 4 is 23.2 Å². The second-order valence-electron chi connectivity index (χ2n) is 4.61. The van der Waals surface area contributed by atoms with Gasteiger partial charge >= 0.3 is 0 Å². The summed E-state index contributed by atoms with van der Waals surface area (Å²) in [6, 6.07) is 7.10. The lowest BCUT2D eigenvalue weighted by Crippen LogP contribution is -2.19. The minimum atomic E-state index is -0.193. The summed E-state index contributed by atoms with van der Waals surface area (Å²) in [5, 5.41) is 14.4. The molecule has 0 saturated heterocycles. The van der Waals surface area contributed by atoms with E-state index in [0.717, 1.165) is 18.7 Å². The summed E-state index contributed by atoms with van der Waals surface area (Å²) in [5.41, 5.74) is 1.41. The van der Waals surface area contributed by atoms with Crippen LogP contribution < -0.4 is 10.6 Å². The lowest BCUT2D eigenvalue weighted by Gasteiger charge is -2.06. The largest absolute Gasteiger partial charge is 0.323 e. The van der Waals surface area contributed by atoms with E-state index < -0.39 is 0 Å². The van der Waals surface area contributed by atoms with E-state index in [-0.39, 0.29) is 12.5 Å². The minimum Gasteiger partial charge on any atom is -0.323 e. The van der Waals surface area contributed by atoms with E-state index in [1.54, 1.807) is 18.3 Å². The van der Waals surface area contributed by atoms with Crippen LogP contribution in [0.15, 0.2) is 30.5 Å². The molecule has 112 valence electrons. The number of nitrogens with zero attached hydrogens (tertiary/aromatic N) is 3. The molecule has 1 aromatic heterocycles. The normalized spacial score (nSPS) is 10.6. The Morgan fingerprint density at radius 1 is 1.38 bits per heavy atom. The van der Waals surface area contributed by atoms with Crippen LogP contribution in [0.25, 0.3) is 0 Å². The van der Waals surface area contributed by atoms with Crippen molar-refractivity contribution in [3.05, 3.63) is 41.2 Å². The first kappa shape index (κ1) is 15.5. The summed E-state index contributed by atoms with van der Waals surface area (Å²) in [7, 11) is 0. The summed E-state index contributed by atoms with van der Waals surface area (Å²) in [6.45, 7) is 3.79. The van der Waals surface area contributed by atoms with Gasteiger partial charge in [0.05, 0.1) is 22.6 Å². The van der Waals surface area contributed by atoms with Crippen molar-refractivity contribution in [1.82, 2.24) is 20.3 Å². The molecule has 1 heterocycles. The zero-order valence-corrected chi connectivity index (χ0v) is 12.6. The van der Waals surface area contributed by atoms with Gasteiger partial charge in [0.15, 0.2) is 0 Å². The van der Waals surface area contributed by atoms with E-state index in [1.807, 2.05) is 12.1 Å². The van der Waals surface area contributed by atoms with Crippen LogP contribution in [0.2, 0.25) is 5.02 Å². The Balaban J connectivity index is 1.87. The molecule has 0 bridgehead atoms. The lowest BCUT2D eigenvalue weighted by atomic mass is 10.3. The first-order valence-corrected chi connectivity index (χ1v) is 7.21. The van der Waals surface area contributed by atoms with Crippen molar-refractivity contribution in [3.63, 3.8) is 0 Å². The van der Waals surface area contributed by atoms with Gasteiger partial charge in [-0.25, -0.2) is 4.68 Å². The van der Waals surface area contributed by atoms with Crippen molar-refractivity contribution in [2.75, 3.05) is 11.9 Å². The maximum atomic E-state index is 11.9. The Hall–Kier alpha value is -1.92. The molecule has 7 heteroatoms. The van der Waals surface area contributed by atoms with Gasteiger partial charge in [0, 0.05) is 6.54 Å². The fraction of sp³-hybridized carbons (Fsp3) is 0.357. The molecule has 0 aliphatic rings. The highest BCUT2D eigenvalue weighted by Crippen LogP contribution is 2.20. The molecule has 0 fully saturated rings. The highest BCUT2D eigenvalue weighted by molar-refractivity contribution is 6.33. The SMILES string of the molecule is CCCNCc1cn(CC(=O)Nc2ccccc2Cl)nn1. The number of nitrogens with one attached hydrogen (secondary N) is 2. The highest BCUT2D eigenvalue weighted by Gasteiger charge is 2.08. The third kappa shape index (κ3) is 4.84. The highest BCUT2D eigenvalue weighted by atomic mass is 35.5. The topological polar surface area (TPSA) is 71.8 Å². The second kappa shape index (κ2) is 7.75. The van der Waals surface area contributed by atoms with Gasteiger partial charge < -0.3 is 10.6 Å². The van der Waals surface area contributed by atoms with Gasteiger partial charge in [-0.15, -0.1) is 5.10 Å². The first-order valence-electron chi connectivity index (χ1n) is 6.83. The molecular weight excluding hydrogens is 290 g/mol. The molecule has 0 aliphatic carbocycles. The number of rotatable bonds is 7. The molecule has 21 heavy (non-hydrogen) atoms. The molecule has 2 N–H and O–H groups in total. The van der Waals surface area contributed by atoms with Crippen LogP contribution in [0.5, 0.6) is 0 Å². The fourth-order valence-corrected chi connectivity index (χ4v) is 1.97. The molecule has 0 radical (unpaired) electrons. The molecule has 1 aromatic carbocycles. The van der Waals surface area contributed by atoms with E-state index in [2.05, 4.69) is 27.9 Å². The Bertz CT molecular complexity index is 599. The molecule has 0 unspecified atom stereocenters. The van der Waals surface area contributed by atoms with Crippen LogP contribution >= 0.6 is 11.6 Å². The smallest absolute Gasteiger partial charge is 0.246 e. The molecule has 0 saturated carbocycles. The Kier molecular flexibility index (Phi) is 5.71. The number of benzene rings is 1. The van der Waals surface area contributed by atoms with Crippen LogP contribution in [0.1, 0.15) is 19.0 Å². The second-order valence-corrected chi connectivity index (χ2v) is 5.02. The minimum absolute atomic E-state index is 0.103. The van der Waals surface area contributed by atoms with Gasteiger partial charge in [0.25, 0.3) is 0 Å². The quantitative estimate of drug-likeness (QED) is 0.768. The van der Waals surface area contributed by atoms with Crippen LogP contribution in [0.3, 0.4) is 0 Å². The number of halogens is 1. The monoisotopic (exact) mass is 307 g/mol. The number of hydrogen-bond acceptors (Lipinski definition) is 4. The van der Waals surface area contributed by atoms with E-state index in [9.17, 15) is 4.79 Å². The summed E-state index contributed by atoms with van der Waals surface area (Å²) in [5.74, 6) is -0.193. The Labute approximate surface area is 128 Å². The van der Waals surface area contributed by atoms with E-state index >= 15 is 0 Å². The number of carbonyl (C=O) groups is 1. The third-order valence-electron chi connectivity index (χ3n) is 2.77. The summed E-state index contributed by atoms with van der Waals surface area (Å²) >= 11 is 5.99. The third-order valence-corrected chi connectivity index (χ3v) is 3.10. The zero-order chi connectivity index (χ0) is 15.1. The Morgan fingerprint density at radius 3 is 2.95 bits per heavy atom. The molecular formula is C14H18ClN5O. The van der Waals surface area contributed by atoms with Crippen LogP contribution in [-0.2, 0) is 17.9 Å². The van der Waals surface area contributed by atoms with Gasteiger partial charge in [-0.2, -0.15) is 0 Å². The number of aromatic nitrogens is 3. The lowest BCUT2D eigenvalue weighted by molar-refractivity contribution is -0.116. The molecule has 2 aromatic rings. The maximum absolute atomic E-state index is 11.9. The molecule has 6 nitrogen and oxygen atoms in total. The van der Waals surface area contributed by atoms with Crippen molar-refractivity contribution < 1.29 is 4.79 Å². The van der Waals surface area contributed by atoms with Crippen molar-refractivity contribution in [2.24, 2.45) is 0 Å². The maximum Gasteiger partial charge on any atom is 0.246 e. The van der Waals surface area contributed by atoms with Gasteiger partial charge in [0.1, 0.15) is 6.54 Å². The molecule has 1 amide bonds. The number of carbonyl (C=O) groups excluding carboxylic acids is 1. The number of amides is 1. The van der Waals surface area contributed by atoms with Crippen LogP contribution in [0.4, 0.5) is 5.69 Å². The average Bonchev–Trinajstić information content (AvgIpc) is 2.89. The molecule has 0 aliphatic heterocycles. The predicted molar refractivity (Wildman–Crippen MR) is 82.1 cm³/mol. The Morgan fingerprint density at radius 2 is 2.19 bits per heavy atom. The van der Waals surface area contributed by atoms with Crippen molar-refractivity contribution in [3.8, 4) is 0 Å². The first-order chi connectivity index (χ1) is 10.2. The van der Waals surface area contributed by atoms with Crippen molar-refractivity contribution in [1.29, 1.82) is 0 Å². The van der Waals surface area contributed by atoms with Crippen LogP contribution in [-0.4, -0.2) is 27.4 Å². The van der Waals surface area contributed by atoms with Gasteiger partial charge in [0.2, 0.25) is 5.91 Å². The predicted octanol–water partition coefficient (Wildman–Crippen LogP) is 2.07. The van der Waals surface area contributed by atoms with Crippen LogP contribution in [0, 0.1) is 0 Å². The van der Waals surface area contributed by atoms with E-state index in [4.69, 9.17) is 11.6 Å². The fourth-order valence-electron chi connectivity index (χ4n) is 1.79. The number of hydrogen-bond donors (Lipinski definition) is 2. The van der Waals surface area contributed by atoms with Gasteiger partial charge in [-0.3, -0.25) is 4.79 Å². The number of para-hydroxylation sites is 1. The number of anilines is 1. The summed E-state index contributed by atoms with van der Waals surface area (Å²) in [6.07, 6.45) is 2.82.